The molecule has 0 spiro atoms. The molecule has 2 nitrogen and oxygen atoms in total. The second-order valence-corrected chi connectivity index (χ2v) is 5.94. The van der Waals surface area contributed by atoms with Crippen molar-refractivity contribution in [3.63, 3.8) is 0 Å². The van der Waals surface area contributed by atoms with Crippen LogP contribution in [0.15, 0.2) is 24.3 Å². The van der Waals surface area contributed by atoms with Gasteiger partial charge in [-0.2, -0.15) is 0 Å². The average molecular weight is 283 g/mol. The highest BCUT2D eigenvalue weighted by molar-refractivity contribution is 6.30. The van der Waals surface area contributed by atoms with Crippen LogP contribution >= 0.6 is 11.6 Å². The van der Waals surface area contributed by atoms with Gasteiger partial charge in [-0.05, 0) is 58.1 Å². The van der Waals surface area contributed by atoms with Gasteiger partial charge in [0.2, 0.25) is 0 Å². The molecule has 1 unspecified atom stereocenters. The Balaban J connectivity index is 2.88. The predicted octanol–water partition coefficient (Wildman–Crippen LogP) is 3.59. The van der Waals surface area contributed by atoms with E-state index in [1.807, 2.05) is 19.2 Å². The van der Waals surface area contributed by atoms with Crippen molar-refractivity contribution in [1.29, 1.82) is 0 Å². The van der Waals surface area contributed by atoms with Gasteiger partial charge in [0.05, 0.1) is 0 Å². The monoisotopic (exact) mass is 282 g/mol. The number of benzene rings is 1. The average Bonchev–Trinajstić information content (AvgIpc) is 2.37. The van der Waals surface area contributed by atoms with Crippen molar-refractivity contribution >= 4 is 11.6 Å². The summed E-state index contributed by atoms with van der Waals surface area (Å²) in [7, 11) is 2.04. The Kier molecular flexibility index (Phi) is 6.31. The molecule has 1 rings (SSSR count). The van der Waals surface area contributed by atoms with E-state index >= 15 is 0 Å². The zero-order valence-electron chi connectivity index (χ0n) is 12.8. The Bertz CT molecular complexity index is 386. The van der Waals surface area contributed by atoms with Crippen LogP contribution in [-0.4, -0.2) is 36.6 Å². The summed E-state index contributed by atoms with van der Waals surface area (Å²) in [6.45, 7) is 11.2. The first-order valence-electron chi connectivity index (χ1n) is 7.12. The van der Waals surface area contributed by atoms with Crippen LogP contribution in [0.5, 0.6) is 0 Å². The van der Waals surface area contributed by atoms with Crippen LogP contribution in [0.2, 0.25) is 5.02 Å². The Hall–Kier alpha value is -0.570. The highest BCUT2D eigenvalue weighted by Crippen LogP contribution is 2.22. The number of halogens is 1. The lowest BCUT2D eigenvalue weighted by atomic mass is 9.87. The Morgan fingerprint density at radius 3 is 2.37 bits per heavy atom. The molecule has 0 radical (unpaired) electrons. The summed E-state index contributed by atoms with van der Waals surface area (Å²) in [5, 5.41) is 4.29. The lowest BCUT2D eigenvalue weighted by Gasteiger charge is -2.43. The van der Waals surface area contributed by atoms with Crippen LogP contribution in [0.1, 0.15) is 33.3 Å². The van der Waals surface area contributed by atoms with Gasteiger partial charge in [0, 0.05) is 16.6 Å². The van der Waals surface area contributed by atoms with Crippen molar-refractivity contribution in [3.05, 3.63) is 34.9 Å². The second-order valence-electron chi connectivity index (χ2n) is 5.50. The number of nitrogens with one attached hydrogen (secondary N) is 1. The fourth-order valence-electron chi connectivity index (χ4n) is 2.86. The van der Waals surface area contributed by atoms with E-state index in [2.05, 4.69) is 50.0 Å². The van der Waals surface area contributed by atoms with E-state index in [1.165, 1.54) is 5.56 Å². The minimum absolute atomic E-state index is 0.112. The van der Waals surface area contributed by atoms with E-state index in [0.717, 1.165) is 24.5 Å². The van der Waals surface area contributed by atoms with Crippen LogP contribution in [0.4, 0.5) is 0 Å². The van der Waals surface area contributed by atoms with Crippen LogP contribution in [0, 0.1) is 0 Å². The predicted molar refractivity (Wildman–Crippen MR) is 85.0 cm³/mol. The first-order chi connectivity index (χ1) is 8.95. The topological polar surface area (TPSA) is 15.3 Å². The summed E-state index contributed by atoms with van der Waals surface area (Å²) in [4.78, 5) is 2.50. The molecule has 0 bridgehead atoms. The van der Waals surface area contributed by atoms with Gasteiger partial charge in [0.1, 0.15) is 0 Å². The minimum Gasteiger partial charge on any atom is -0.315 e. The number of likely N-dealkylation sites (N-methyl/N-ethyl adjacent to an activating group) is 2. The van der Waals surface area contributed by atoms with E-state index in [9.17, 15) is 0 Å². The van der Waals surface area contributed by atoms with Crippen molar-refractivity contribution < 1.29 is 0 Å². The third kappa shape index (κ3) is 4.20. The van der Waals surface area contributed by atoms with Gasteiger partial charge < -0.3 is 5.32 Å². The smallest absolute Gasteiger partial charge is 0.0408 e. The third-order valence-corrected chi connectivity index (χ3v) is 4.34. The van der Waals surface area contributed by atoms with E-state index in [4.69, 9.17) is 11.6 Å². The van der Waals surface area contributed by atoms with Gasteiger partial charge in [-0.15, -0.1) is 0 Å². The van der Waals surface area contributed by atoms with Crippen molar-refractivity contribution in [3.8, 4) is 0 Å². The van der Waals surface area contributed by atoms with Gasteiger partial charge in [-0.3, -0.25) is 4.90 Å². The summed E-state index contributed by atoms with van der Waals surface area (Å²) in [5.74, 6) is 0. The molecule has 0 aliphatic heterocycles. The zero-order valence-corrected chi connectivity index (χ0v) is 13.6. The molecule has 0 aliphatic carbocycles. The molecule has 1 N–H and O–H groups in total. The summed E-state index contributed by atoms with van der Waals surface area (Å²) in [6, 6.07) is 8.55. The Morgan fingerprint density at radius 1 is 1.26 bits per heavy atom. The number of rotatable bonds is 7. The highest BCUT2D eigenvalue weighted by Gasteiger charge is 2.32. The molecule has 108 valence electrons. The first-order valence-corrected chi connectivity index (χ1v) is 7.50. The van der Waals surface area contributed by atoms with E-state index in [0.29, 0.717) is 6.04 Å². The van der Waals surface area contributed by atoms with Crippen molar-refractivity contribution in [2.45, 2.75) is 45.7 Å². The summed E-state index contributed by atoms with van der Waals surface area (Å²) in [5.41, 5.74) is 1.40. The Morgan fingerprint density at radius 2 is 1.89 bits per heavy atom. The van der Waals surface area contributed by atoms with E-state index in [-0.39, 0.29) is 5.54 Å². The molecule has 0 amide bonds. The molecule has 1 atom stereocenters. The lowest BCUT2D eigenvalue weighted by molar-refractivity contribution is 0.0944. The maximum absolute atomic E-state index is 6.07. The van der Waals surface area contributed by atoms with Crippen molar-refractivity contribution in [1.82, 2.24) is 10.2 Å². The van der Waals surface area contributed by atoms with Gasteiger partial charge in [0.25, 0.3) is 0 Å². The summed E-state index contributed by atoms with van der Waals surface area (Å²) in [6.07, 6.45) is 0.987. The van der Waals surface area contributed by atoms with Crippen LogP contribution in [0.25, 0.3) is 0 Å². The molecular weight excluding hydrogens is 256 g/mol. The fourth-order valence-corrected chi connectivity index (χ4v) is 3.08. The molecule has 1 aromatic rings. The number of nitrogens with zero attached hydrogens (tertiary/aromatic N) is 1. The molecule has 0 saturated carbocycles. The quantitative estimate of drug-likeness (QED) is 0.822. The molecule has 0 saturated heterocycles. The molecule has 0 fully saturated rings. The van der Waals surface area contributed by atoms with Gasteiger partial charge >= 0.3 is 0 Å². The molecule has 19 heavy (non-hydrogen) atoms. The van der Waals surface area contributed by atoms with E-state index < -0.39 is 0 Å². The molecule has 0 heterocycles. The lowest BCUT2D eigenvalue weighted by Crippen LogP contribution is -2.57. The fraction of sp³-hybridized carbons (Fsp3) is 0.625. The molecule has 0 aromatic heterocycles. The zero-order chi connectivity index (χ0) is 14.5. The van der Waals surface area contributed by atoms with Crippen molar-refractivity contribution in [2.24, 2.45) is 0 Å². The Labute approximate surface area is 123 Å². The number of hydrogen-bond donors (Lipinski definition) is 1. The summed E-state index contributed by atoms with van der Waals surface area (Å²) < 4.78 is 0. The first kappa shape index (κ1) is 16.5. The maximum atomic E-state index is 6.07. The number of hydrogen-bond acceptors (Lipinski definition) is 2. The van der Waals surface area contributed by atoms with Gasteiger partial charge in [-0.1, -0.05) is 37.6 Å². The normalized spacial score (nSPS) is 13.8. The summed E-state index contributed by atoms with van der Waals surface area (Å²) >= 11 is 6.07. The standard InChI is InChI=1S/C16H27ClN2/c1-6-19(7-2)16(3,4)15(18-5)12-13-9-8-10-14(17)11-13/h8-11,15,18H,6-7,12H2,1-5H3. The van der Waals surface area contributed by atoms with Crippen molar-refractivity contribution in [2.75, 3.05) is 20.1 Å². The highest BCUT2D eigenvalue weighted by atomic mass is 35.5. The van der Waals surface area contributed by atoms with E-state index in [1.54, 1.807) is 0 Å². The second kappa shape index (κ2) is 7.28. The maximum Gasteiger partial charge on any atom is 0.0408 e. The SMILES string of the molecule is CCN(CC)C(C)(C)C(Cc1cccc(Cl)c1)NC. The third-order valence-electron chi connectivity index (χ3n) is 4.11. The van der Waals surface area contributed by atoms with Gasteiger partial charge in [0.15, 0.2) is 0 Å². The van der Waals surface area contributed by atoms with Gasteiger partial charge in [-0.25, -0.2) is 0 Å². The molecule has 1 aromatic carbocycles. The largest absolute Gasteiger partial charge is 0.315 e. The molecule has 0 aliphatic rings. The van der Waals surface area contributed by atoms with Crippen LogP contribution in [0.3, 0.4) is 0 Å². The minimum atomic E-state index is 0.112. The van der Waals surface area contributed by atoms with Crippen LogP contribution < -0.4 is 5.32 Å². The van der Waals surface area contributed by atoms with Crippen LogP contribution in [-0.2, 0) is 6.42 Å². The molecular formula is C16H27ClN2. The molecule has 3 heteroatoms.